The molecule has 7 heteroatoms. The van der Waals surface area contributed by atoms with E-state index >= 15 is 0 Å². The van der Waals surface area contributed by atoms with Crippen LogP contribution in [-0.4, -0.2) is 65.3 Å². The molecule has 1 aromatic heterocycles. The lowest BCUT2D eigenvalue weighted by Gasteiger charge is -2.42. The predicted octanol–water partition coefficient (Wildman–Crippen LogP) is 4.31. The highest BCUT2D eigenvalue weighted by atomic mass is 32.2. The number of hydrogen-bond donors (Lipinski definition) is 1. The van der Waals surface area contributed by atoms with Gasteiger partial charge in [-0.25, -0.2) is 14.9 Å². The average Bonchev–Trinajstić information content (AvgIpc) is 3.02. The molecule has 2 atom stereocenters. The Morgan fingerprint density at radius 2 is 2.00 bits per heavy atom. The molecule has 2 heterocycles. The summed E-state index contributed by atoms with van der Waals surface area (Å²) in [5.41, 5.74) is 7.39. The van der Waals surface area contributed by atoms with Crippen LogP contribution in [0.5, 0.6) is 0 Å². The fourth-order valence-electron chi connectivity index (χ4n) is 5.29. The first kappa shape index (κ1) is 21.2. The molecule has 2 aliphatic rings. The van der Waals surface area contributed by atoms with Gasteiger partial charge in [-0.2, -0.15) is 0 Å². The van der Waals surface area contributed by atoms with Gasteiger partial charge in [0.05, 0.1) is 10.5 Å². The largest absolute Gasteiger partial charge is 0.336 e. The number of amides is 2. The van der Waals surface area contributed by atoms with E-state index < -0.39 is 0 Å². The summed E-state index contributed by atoms with van der Waals surface area (Å²) in [4.78, 5) is 29.5. The fourth-order valence-corrected chi connectivity index (χ4v) is 6.05. The Balaban J connectivity index is 1.94. The van der Waals surface area contributed by atoms with Crippen LogP contribution >= 0.6 is 11.8 Å². The topological polar surface area (TPSA) is 57.6 Å². The summed E-state index contributed by atoms with van der Waals surface area (Å²) >= 11 is 1.66. The van der Waals surface area contributed by atoms with Gasteiger partial charge >= 0.3 is 6.03 Å². The monoisotopic (exact) mass is 428 g/mol. The molecule has 1 fully saturated rings. The first-order valence-corrected chi connectivity index (χ1v) is 12.2. The Morgan fingerprint density at radius 3 is 2.63 bits per heavy atom. The second-order valence-corrected chi connectivity index (χ2v) is 9.22. The minimum absolute atomic E-state index is 0.0644. The van der Waals surface area contributed by atoms with Crippen molar-refractivity contribution in [2.75, 3.05) is 38.4 Å². The molecule has 0 radical (unpaired) electrons. The van der Waals surface area contributed by atoms with Crippen LogP contribution in [0.15, 0.2) is 17.2 Å². The number of piperidine rings is 1. The van der Waals surface area contributed by atoms with Gasteiger partial charge in [-0.15, -0.1) is 11.8 Å². The minimum atomic E-state index is -0.109. The molecule has 0 saturated carbocycles. The van der Waals surface area contributed by atoms with Crippen molar-refractivity contribution < 1.29 is 9.59 Å². The van der Waals surface area contributed by atoms with E-state index in [-0.39, 0.29) is 11.8 Å². The molecule has 0 spiro atoms. The maximum atomic E-state index is 12.9. The number of likely N-dealkylation sites (N-methyl/N-ethyl adjacent to an activating group) is 1. The zero-order chi connectivity index (χ0) is 21.6. The zero-order valence-corrected chi connectivity index (χ0v) is 19.4. The Bertz CT molecular complexity index is 995. The highest BCUT2D eigenvalue weighted by Gasteiger charge is 2.39. The van der Waals surface area contributed by atoms with Gasteiger partial charge in [-0.3, -0.25) is 4.79 Å². The molecule has 6 nitrogen and oxygen atoms in total. The van der Waals surface area contributed by atoms with Crippen molar-refractivity contribution in [3.8, 4) is 0 Å². The van der Waals surface area contributed by atoms with Gasteiger partial charge in [0.1, 0.15) is 0 Å². The van der Waals surface area contributed by atoms with Gasteiger partial charge < -0.3 is 9.80 Å². The van der Waals surface area contributed by atoms with Crippen LogP contribution in [0.4, 0.5) is 4.79 Å². The number of carbonyl (C=O) groups is 2. The second kappa shape index (κ2) is 8.27. The minimum Gasteiger partial charge on any atom is -0.324 e. The second-order valence-electron chi connectivity index (χ2n) is 8.43. The number of nitrogens with one attached hydrogen (secondary N) is 1. The number of likely N-dealkylation sites (tertiary alicyclic amines) is 1. The molecule has 2 amide bonds. The van der Waals surface area contributed by atoms with E-state index in [2.05, 4.69) is 29.7 Å². The summed E-state index contributed by atoms with van der Waals surface area (Å²) in [6.07, 6.45) is 5.37. The van der Waals surface area contributed by atoms with E-state index in [1.807, 2.05) is 24.6 Å². The number of Topliss-reactive ketones (excluding diaryl/α,β-unsaturated/α-hetero) is 1. The van der Waals surface area contributed by atoms with Gasteiger partial charge in [-0.05, 0) is 83.1 Å². The Labute approximate surface area is 182 Å². The number of nitrogens with zero attached hydrogens (tertiary/aromatic N) is 3. The van der Waals surface area contributed by atoms with Crippen molar-refractivity contribution in [3.05, 3.63) is 28.8 Å². The molecule has 30 heavy (non-hydrogen) atoms. The number of rotatable bonds is 5. The van der Waals surface area contributed by atoms with E-state index in [1.165, 1.54) is 22.9 Å². The summed E-state index contributed by atoms with van der Waals surface area (Å²) in [5.74, 6) is 0.497. The predicted molar refractivity (Wildman–Crippen MR) is 123 cm³/mol. The van der Waals surface area contributed by atoms with E-state index in [0.29, 0.717) is 25.0 Å². The summed E-state index contributed by atoms with van der Waals surface area (Å²) in [6.45, 7) is 8.01. The van der Waals surface area contributed by atoms with E-state index in [9.17, 15) is 9.59 Å². The van der Waals surface area contributed by atoms with Crippen LogP contribution in [0, 0.1) is 0 Å². The smallest absolute Gasteiger partial charge is 0.324 e. The van der Waals surface area contributed by atoms with Gasteiger partial charge in [0, 0.05) is 36.0 Å². The maximum absolute atomic E-state index is 12.9. The number of carbonyl (C=O) groups excluding carboxylic acids is 2. The molecule has 1 aliphatic carbocycles. The SMILES string of the molecule is CCN(CC)C(=O)Nn1c(SC)c2c3c(cc(C(C)=O)cc31)[C@H]1CCCN(C)[C@@H]1C2. The number of hydrogen-bond acceptors (Lipinski definition) is 4. The van der Waals surface area contributed by atoms with Crippen LogP contribution in [-0.2, 0) is 6.42 Å². The number of fused-ring (bicyclic) bond motifs is 2. The summed E-state index contributed by atoms with van der Waals surface area (Å²) < 4.78 is 1.93. The Hall–Kier alpha value is -1.99. The van der Waals surface area contributed by atoms with Crippen LogP contribution < -0.4 is 5.43 Å². The molecule has 162 valence electrons. The molecule has 1 N–H and O–H groups in total. The molecular weight excluding hydrogens is 396 g/mol. The van der Waals surface area contributed by atoms with Crippen molar-refractivity contribution in [2.45, 2.75) is 57.0 Å². The summed E-state index contributed by atoms with van der Waals surface area (Å²) in [5, 5.41) is 2.31. The third-order valence-electron chi connectivity index (χ3n) is 6.88. The highest BCUT2D eigenvalue weighted by molar-refractivity contribution is 7.98. The average molecular weight is 429 g/mol. The Morgan fingerprint density at radius 1 is 1.27 bits per heavy atom. The van der Waals surface area contributed by atoms with Gasteiger partial charge in [0.2, 0.25) is 0 Å². The number of urea groups is 1. The maximum Gasteiger partial charge on any atom is 0.336 e. The summed E-state index contributed by atoms with van der Waals surface area (Å²) in [7, 11) is 2.21. The standard InChI is InChI=1S/C23H32N4O2S/c1-6-26(7-2)23(29)24-27-20-12-15(14(3)28)11-17-16-9-8-10-25(4)19(16)13-18(21(17)20)22(27)30-5/h11-12,16,19H,6-10,13H2,1-5H3,(H,24,29)/t16-,19-/m1/s1. The quantitative estimate of drug-likeness (QED) is 0.570. The van der Waals surface area contributed by atoms with Crippen molar-refractivity contribution in [1.82, 2.24) is 14.5 Å². The zero-order valence-electron chi connectivity index (χ0n) is 18.6. The lowest BCUT2D eigenvalue weighted by molar-refractivity contribution is 0.101. The molecule has 1 saturated heterocycles. The molecule has 0 bridgehead atoms. The first-order valence-electron chi connectivity index (χ1n) is 10.9. The van der Waals surface area contributed by atoms with E-state index in [0.717, 1.165) is 35.5 Å². The van der Waals surface area contributed by atoms with Gasteiger partial charge in [0.15, 0.2) is 5.78 Å². The Kier molecular flexibility index (Phi) is 5.86. The molecule has 1 aromatic carbocycles. The number of ketones is 1. The molecule has 0 unspecified atom stereocenters. The van der Waals surface area contributed by atoms with Crippen LogP contribution in [0.1, 0.15) is 61.0 Å². The van der Waals surface area contributed by atoms with E-state index in [1.54, 1.807) is 23.6 Å². The molecule has 2 aromatic rings. The van der Waals surface area contributed by atoms with Gasteiger partial charge in [0.25, 0.3) is 0 Å². The summed E-state index contributed by atoms with van der Waals surface area (Å²) in [6, 6.07) is 4.41. The number of aromatic nitrogens is 1. The third-order valence-corrected chi connectivity index (χ3v) is 7.69. The van der Waals surface area contributed by atoms with Crippen LogP contribution in [0.3, 0.4) is 0 Å². The number of benzene rings is 1. The lowest BCUT2D eigenvalue weighted by Crippen LogP contribution is -2.44. The molecular formula is C23H32N4O2S. The van der Waals surface area contributed by atoms with Crippen LogP contribution in [0.2, 0.25) is 0 Å². The molecule has 4 rings (SSSR count). The van der Waals surface area contributed by atoms with Crippen molar-refractivity contribution in [1.29, 1.82) is 0 Å². The van der Waals surface area contributed by atoms with E-state index in [4.69, 9.17) is 0 Å². The van der Waals surface area contributed by atoms with Crippen molar-refractivity contribution >= 4 is 34.5 Å². The van der Waals surface area contributed by atoms with Gasteiger partial charge in [-0.1, -0.05) is 0 Å². The first-order chi connectivity index (χ1) is 14.4. The van der Waals surface area contributed by atoms with Crippen LogP contribution in [0.25, 0.3) is 10.9 Å². The highest BCUT2D eigenvalue weighted by Crippen LogP contribution is 2.47. The van der Waals surface area contributed by atoms with Crippen molar-refractivity contribution in [2.24, 2.45) is 0 Å². The van der Waals surface area contributed by atoms with Crippen molar-refractivity contribution in [3.63, 3.8) is 0 Å². The number of thioether (sulfide) groups is 1. The third kappa shape index (κ3) is 3.32. The molecule has 1 aliphatic heterocycles. The fraction of sp³-hybridized carbons (Fsp3) is 0.565. The normalized spacial score (nSPS) is 20.8. The lowest BCUT2D eigenvalue weighted by atomic mass is 9.74.